The van der Waals surface area contributed by atoms with E-state index in [9.17, 15) is 4.79 Å². The van der Waals surface area contributed by atoms with Gasteiger partial charge >= 0.3 is 0 Å². The van der Waals surface area contributed by atoms with E-state index in [-0.39, 0.29) is 11.9 Å². The number of aryl methyl sites for hydroxylation is 1. The van der Waals surface area contributed by atoms with E-state index in [4.69, 9.17) is 0 Å². The lowest BCUT2D eigenvalue weighted by atomic mass is 10.0. The van der Waals surface area contributed by atoms with Gasteiger partial charge in [0.15, 0.2) is 0 Å². The Labute approximate surface area is 171 Å². The molecule has 1 amide bonds. The number of likely N-dealkylation sites (tertiary alicyclic amines) is 1. The number of rotatable bonds is 5. The molecule has 0 saturated carbocycles. The summed E-state index contributed by atoms with van der Waals surface area (Å²) in [6, 6.07) is 17.7. The summed E-state index contributed by atoms with van der Waals surface area (Å²) in [6.07, 6.45) is 6.85. The standard InChI is InChI=1S/C24H28N4O/c29-24(11-13-28-17-25-22-9-3-4-10-23(22)28)26-20-8-5-12-27(16-20)21-14-18-6-1-2-7-19(18)15-21/h1-4,6-7,9-10,17,20-21H,5,8,11-16H2,(H,26,29). The van der Waals surface area contributed by atoms with Gasteiger partial charge in [-0.3, -0.25) is 9.69 Å². The minimum absolute atomic E-state index is 0.143. The molecule has 3 aromatic rings. The first kappa shape index (κ1) is 18.4. The summed E-state index contributed by atoms with van der Waals surface area (Å²) in [7, 11) is 0. The summed E-state index contributed by atoms with van der Waals surface area (Å²) in [5.74, 6) is 0.143. The van der Waals surface area contributed by atoms with Crippen molar-refractivity contribution < 1.29 is 4.79 Å². The monoisotopic (exact) mass is 388 g/mol. The van der Waals surface area contributed by atoms with Crippen LogP contribution in [-0.2, 0) is 24.2 Å². The number of aromatic nitrogens is 2. The smallest absolute Gasteiger partial charge is 0.222 e. The van der Waals surface area contributed by atoms with Crippen molar-refractivity contribution in [1.82, 2.24) is 19.8 Å². The van der Waals surface area contributed by atoms with Crippen molar-refractivity contribution in [3.63, 3.8) is 0 Å². The second-order valence-corrected chi connectivity index (χ2v) is 8.41. The molecule has 5 rings (SSSR count). The van der Waals surface area contributed by atoms with Crippen molar-refractivity contribution in [2.75, 3.05) is 13.1 Å². The minimum atomic E-state index is 0.143. The van der Waals surface area contributed by atoms with Crippen LogP contribution < -0.4 is 5.32 Å². The molecule has 0 bridgehead atoms. The second-order valence-electron chi connectivity index (χ2n) is 8.41. The zero-order valence-electron chi connectivity index (χ0n) is 16.8. The Bertz CT molecular complexity index is 986. The van der Waals surface area contributed by atoms with Crippen LogP contribution >= 0.6 is 0 Å². The molecule has 29 heavy (non-hydrogen) atoms. The normalized spacial score (nSPS) is 20.1. The molecule has 0 radical (unpaired) electrons. The molecule has 1 aliphatic carbocycles. The van der Waals surface area contributed by atoms with Gasteiger partial charge in [0, 0.05) is 31.6 Å². The molecule has 1 saturated heterocycles. The number of nitrogens with one attached hydrogen (secondary N) is 1. The third kappa shape index (κ3) is 3.92. The van der Waals surface area contributed by atoms with Crippen molar-refractivity contribution in [1.29, 1.82) is 0 Å². The zero-order valence-corrected chi connectivity index (χ0v) is 16.8. The average molecular weight is 389 g/mol. The Kier molecular flexibility index (Phi) is 5.06. The fraction of sp³-hybridized carbons (Fsp3) is 0.417. The minimum Gasteiger partial charge on any atom is -0.352 e. The molecule has 0 spiro atoms. The Morgan fingerprint density at radius 2 is 1.83 bits per heavy atom. The number of carbonyl (C=O) groups is 1. The molecule has 1 N–H and O–H groups in total. The lowest BCUT2D eigenvalue weighted by Crippen LogP contribution is -2.51. The largest absolute Gasteiger partial charge is 0.352 e. The average Bonchev–Trinajstić information content (AvgIpc) is 3.37. The van der Waals surface area contributed by atoms with Crippen LogP contribution in [0.15, 0.2) is 54.9 Å². The fourth-order valence-electron chi connectivity index (χ4n) is 4.96. The van der Waals surface area contributed by atoms with Gasteiger partial charge in [0.25, 0.3) is 0 Å². The van der Waals surface area contributed by atoms with Crippen LogP contribution in [0.25, 0.3) is 11.0 Å². The van der Waals surface area contributed by atoms with Gasteiger partial charge in [0.05, 0.1) is 17.4 Å². The maximum absolute atomic E-state index is 12.6. The molecular weight excluding hydrogens is 360 g/mol. The van der Waals surface area contributed by atoms with Crippen LogP contribution in [0.2, 0.25) is 0 Å². The highest BCUT2D eigenvalue weighted by Crippen LogP contribution is 2.27. The molecule has 5 heteroatoms. The van der Waals surface area contributed by atoms with E-state index in [0.29, 0.717) is 19.0 Å². The summed E-state index contributed by atoms with van der Waals surface area (Å²) in [4.78, 5) is 19.6. The number of fused-ring (bicyclic) bond motifs is 2. The van der Waals surface area contributed by atoms with Crippen LogP contribution in [0.4, 0.5) is 0 Å². The zero-order chi connectivity index (χ0) is 19.6. The number of amides is 1. The van der Waals surface area contributed by atoms with Gasteiger partial charge in [0.1, 0.15) is 0 Å². The van der Waals surface area contributed by atoms with Crippen LogP contribution in [0.5, 0.6) is 0 Å². The van der Waals surface area contributed by atoms with Crippen molar-refractivity contribution in [2.45, 2.75) is 50.7 Å². The first-order chi connectivity index (χ1) is 14.3. The van der Waals surface area contributed by atoms with Crippen LogP contribution in [0.3, 0.4) is 0 Å². The highest BCUT2D eigenvalue weighted by molar-refractivity contribution is 5.77. The summed E-state index contributed by atoms with van der Waals surface area (Å²) < 4.78 is 2.07. The second kappa shape index (κ2) is 7.99. The highest BCUT2D eigenvalue weighted by atomic mass is 16.1. The SMILES string of the molecule is O=C(CCn1cnc2ccccc21)NC1CCCN(C2Cc3ccccc3C2)C1. The van der Waals surface area contributed by atoms with Gasteiger partial charge in [-0.25, -0.2) is 4.98 Å². The van der Waals surface area contributed by atoms with E-state index in [2.05, 4.69) is 50.1 Å². The van der Waals surface area contributed by atoms with Gasteiger partial charge < -0.3 is 9.88 Å². The molecule has 2 heterocycles. The Balaban J connectivity index is 1.14. The van der Waals surface area contributed by atoms with E-state index in [0.717, 1.165) is 49.8 Å². The summed E-state index contributed by atoms with van der Waals surface area (Å²) in [5, 5.41) is 3.29. The molecule has 1 fully saturated rings. The number of carbonyl (C=O) groups excluding carboxylic acids is 1. The van der Waals surface area contributed by atoms with E-state index in [1.54, 1.807) is 0 Å². The van der Waals surface area contributed by atoms with Crippen molar-refractivity contribution in [2.24, 2.45) is 0 Å². The molecule has 150 valence electrons. The predicted molar refractivity (Wildman–Crippen MR) is 115 cm³/mol. The Hall–Kier alpha value is -2.66. The molecule has 1 atom stereocenters. The maximum atomic E-state index is 12.6. The van der Waals surface area contributed by atoms with Crippen molar-refractivity contribution in [3.05, 3.63) is 66.0 Å². The molecule has 1 unspecified atom stereocenters. The lowest BCUT2D eigenvalue weighted by Gasteiger charge is -2.37. The molecule has 5 nitrogen and oxygen atoms in total. The van der Waals surface area contributed by atoms with Gasteiger partial charge in [-0.15, -0.1) is 0 Å². The maximum Gasteiger partial charge on any atom is 0.222 e. The van der Waals surface area contributed by atoms with Crippen LogP contribution in [0, 0.1) is 0 Å². The third-order valence-corrected chi connectivity index (χ3v) is 6.47. The Morgan fingerprint density at radius 1 is 1.07 bits per heavy atom. The highest BCUT2D eigenvalue weighted by Gasteiger charge is 2.30. The molecule has 2 aromatic carbocycles. The summed E-state index contributed by atoms with van der Waals surface area (Å²) >= 11 is 0. The van der Waals surface area contributed by atoms with Gasteiger partial charge in [0.2, 0.25) is 5.91 Å². The topological polar surface area (TPSA) is 50.2 Å². The number of piperidine rings is 1. The Morgan fingerprint density at radius 3 is 2.66 bits per heavy atom. The van der Waals surface area contributed by atoms with Crippen LogP contribution in [-0.4, -0.2) is 45.5 Å². The molecule has 1 aromatic heterocycles. The summed E-state index contributed by atoms with van der Waals surface area (Å²) in [5.41, 5.74) is 5.06. The van der Waals surface area contributed by atoms with E-state index in [1.807, 2.05) is 24.5 Å². The van der Waals surface area contributed by atoms with Crippen molar-refractivity contribution in [3.8, 4) is 0 Å². The number of hydrogen-bond donors (Lipinski definition) is 1. The third-order valence-electron chi connectivity index (χ3n) is 6.47. The van der Waals surface area contributed by atoms with Gasteiger partial charge in [-0.05, 0) is 55.5 Å². The summed E-state index contributed by atoms with van der Waals surface area (Å²) in [6.45, 7) is 2.78. The number of imidazole rings is 1. The first-order valence-electron chi connectivity index (χ1n) is 10.8. The predicted octanol–water partition coefficient (Wildman–Crippen LogP) is 3.17. The first-order valence-corrected chi connectivity index (χ1v) is 10.8. The van der Waals surface area contributed by atoms with E-state index >= 15 is 0 Å². The molecular formula is C24H28N4O. The number of para-hydroxylation sites is 2. The van der Waals surface area contributed by atoms with Crippen LogP contribution in [0.1, 0.15) is 30.4 Å². The number of benzene rings is 2. The fourth-order valence-corrected chi connectivity index (χ4v) is 4.96. The van der Waals surface area contributed by atoms with E-state index in [1.165, 1.54) is 11.1 Å². The molecule has 2 aliphatic rings. The van der Waals surface area contributed by atoms with Crippen molar-refractivity contribution >= 4 is 16.9 Å². The molecule has 1 aliphatic heterocycles. The number of nitrogens with zero attached hydrogens (tertiary/aromatic N) is 3. The quantitative estimate of drug-likeness (QED) is 0.730. The number of hydrogen-bond acceptors (Lipinski definition) is 3. The van der Waals surface area contributed by atoms with E-state index < -0.39 is 0 Å². The van der Waals surface area contributed by atoms with Gasteiger partial charge in [-0.1, -0.05) is 36.4 Å². The van der Waals surface area contributed by atoms with Gasteiger partial charge in [-0.2, -0.15) is 0 Å². The lowest BCUT2D eigenvalue weighted by molar-refractivity contribution is -0.122.